The van der Waals surface area contributed by atoms with Crippen LogP contribution in [0.2, 0.25) is 0 Å². The van der Waals surface area contributed by atoms with Crippen molar-refractivity contribution in [1.82, 2.24) is 5.32 Å². The average molecular weight is 320 g/mol. The topological polar surface area (TPSA) is 21.3 Å². The normalized spacial score (nSPS) is 10.5. The molecule has 0 saturated carbocycles. The molecule has 0 unspecified atom stereocenters. The number of ether oxygens (including phenoxy) is 1. The van der Waals surface area contributed by atoms with Crippen LogP contribution in [0.5, 0.6) is 5.75 Å². The van der Waals surface area contributed by atoms with Crippen LogP contribution in [0.1, 0.15) is 16.7 Å². The summed E-state index contributed by atoms with van der Waals surface area (Å²) in [5.41, 5.74) is 3.80. The number of halogens is 1. The van der Waals surface area contributed by atoms with E-state index in [9.17, 15) is 0 Å². The van der Waals surface area contributed by atoms with E-state index in [1.807, 2.05) is 12.1 Å². The van der Waals surface area contributed by atoms with Crippen LogP contribution in [0.4, 0.5) is 0 Å². The lowest BCUT2D eigenvalue weighted by Crippen LogP contribution is -2.12. The van der Waals surface area contributed by atoms with Gasteiger partial charge in [0.25, 0.3) is 0 Å². The highest BCUT2D eigenvalue weighted by Gasteiger charge is 1.98. The maximum Gasteiger partial charge on any atom is 0.118 e. The van der Waals surface area contributed by atoms with Crippen LogP contribution in [0, 0.1) is 6.92 Å². The van der Waals surface area contributed by atoms with Gasteiger partial charge in [-0.15, -0.1) is 0 Å². The SMILES string of the molecule is COc1ccc(CNCc2ccc(C)c(Br)c2)cc1. The minimum Gasteiger partial charge on any atom is -0.497 e. The zero-order chi connectivity index (χ0) is 13.7. The van der Waals surface area contributed by atoms with E-state index < -0.39 is 0 Å². The molecule has 100 valence electrons. The molecule has 0 aliphatic rings. The molecule has 2 aromatic rings. The summed E-state index contributed by atoms with van der Waals surface area (Å²) in [6, 6.07) is 14.6. The Bertz CT molecular complexity index is 537. The Morgan fingerprint density at radius 2 is 1.63 bits per heavy atom. The van der Waals surface area contributed by atoms with Gasteiger partial charge in [0, 0.05) is 17.6 Å². The highest BCUT2D eigenvalue weighted by atomic mass is 79.9. The van der Waals surface area contributed by atoms with Crippen molar-refractivity contribution in [3.05, 3.63) is 63.6 Å². The predicted molar refractivity (Wildman–Crippen MR) is 82.4 cm³/mol. The lowest BCUT2D eigenvalue weighted by atomic mass is 10.1. The Balaban J connectivity index is 1.86. The molecule has 3 heteroatoms. The third kappa shape index (κ3) is 4.08. The van der Waals surface area contributed by atoms with Gasteiger partial charge in [0.05, 0.1) is 7.11 Å². The minimum atomic E-state index is 0.857. The van der Waals surface area contributed by atoms with Crippen LogP contribution >= 0.6 is 15.9 Å². The molecule has 0 aliphatic heterocycles. The van der Waals surface area contributed by atoms with Crippen molar-refractivity contribution >= 4 is 15.9 Å². The van der Waals surface area contributed by atoms with Crippen molar-refractivity contribution in [2.75, 3.05) is 7.11 Å². The molecule has 2 aromatic carbocycles. The van der Waals surface area contributed by atoms with Gasteiger partial charge in [-0.3, -0.25) is 0 Å². The van der Waals surface area contributed by atoms with Crippen molar-refractivity contribution < 1.29 is 4.74 Å². The molecule has 19 heavy (non-hydrogen) atoms. The van der Waals surface area contributed by atoms with Gasteiger partial charge in [0.2, 0.25) is 0 Å². The van der Waals surface area contributed by atoms with Crippen molar-refractivity contribution in [1.29, 1.82) is 0 Å². The number of hydrogen-bond acceptors (Lipinski definition) is 2. The summed E-state index contributed by atoms with van der Waals surface area (Å²) in [6.07, 6.45) is 0. The first-order chi connectivity index (χ1) is 9.19. The van der Waals surface area contributed by atoms with Crippen LogP contribution in [0.15, 0.2) is 46.9 Å². The zero-order valence-corrected chi connectivity index (χ0v) is 12.8. The Kier molecular flexibility index (Phi) is 5.00. The van der Waals surface area contributed by atoms with E-state index in [0.29, 0.717) is 0 Å². The van der Waals surface area contributed by atoms with E-state index >= 15 is 0 Å². The van der Waals surface area contributed by atoms with Gasteiger partial charge >= 0.3 is 0 Å². The third-order valence-corrected chi connectivity index (χ3v) is 3.91. The van der Waals surface area contributed by atoms with E-state index in [2.05, 4.69) is 58.5 Å². The molecule has 2 nitrogen and oxygen atoms in total. The zero-order valence-electron chi connectivity index (χ0n) is 11.2. The van der Waals surface area contributed by atoms with Crippen LogP contribution in [0.3, 0.4) is 0 Å². The van der Waals surface area contributed by atoms with E-state index in [4.69, 9.17) is 4.74 Å². The molecule has 0 saturated heterocycles. The van der Waals surface area contributed by atoms with Gasteiger partial charge in [0.15, 0.2) is 0 Å². The predicted octanol–water partition coefficient (Wildman–Crippen LogP) is 4.06. The maximum atomic E-state index is 5.14. The fraction of sp³-hybridized carbons (Fsp3) is 0.250. The number of methoxy groups -OCH3 is 1. The van der Waals surface area contributed by atoms with Gasteiger partial charge in [-0.25, -0.2) is 0 Å². The summed E-state index contributed by atoms with van der Waals surface area (Å²) < 4.78 is 6.30. The van der Waals surface area contributed by atoms with Crippen LogP contribution < -0.4 is 10.1 Å². The number of aryl methyl sites for hydroxylation is 1. The largest absolute Gasteiger partial charge is 0.497 e. The highest BCUT2D eigenvalue weighted by Crippen LogP contribution is 2.17. The van der Waals surface area contributed by atoms with Crippen LogP contribution in [-0.2, 0) is 13.1 Å². The number of benzene rings is 2. The monoisotopic (exact) mass is 319 g/mol. The molecule has 1 N–H and O–H groups in total. The summed E-state index contributed by atoms with van der Waals surface area (Å²) in [7, 11) is 1.68. The first kappa shape index (κ1) is 14.1. The van der Waals surface area contributed by atoms with Gasteiger partial charge in [-0.05, 0) is 41.8 Å². The van der Waals surface area contributed by atoms with Crippen molar-refractivity contribution in [3.63, 3.8) is 0 Å². The first-order valence-corrected chi connectivity index (χ1v) is 7.07. The molecular formula is C16H18BrNO. The Hall–Kier alpha value is -1.32. The van der Waals surface area contributed by atoms with Crippen molar-refractivity contribution in [2.24, 2.45) is 0 Å². The highest BCUT2D eigenvalue weighted by molar-refractivity contribution is 9.10. The Morgan fingerprint density at radius 3 is 2.26 bits per heavy atom. The number of nitrogens with one attached hydrogen (secondary N) is 1. The summed E-state index contributed by atoms with van der Waals surface area (Å²) in [5.74, 6) is 0.895. The second kappa shape index (κ2) is 6.73. The lowest BCUT2D eigenvalue weighted by molar-refractivity contribution is 0.414. The van der Waals surface area contributed by atoms with Gasteiger partial charge in [-0.2, -0.15) is 0 Å². The van der Waals surface area contributed by atoms with Gasteiger partial charge < -0.3 is 10.1 Å². The van der Waals surface area contributed by atoms with E-state index in [1.54, 1.807) is 7.11 Å². The third-order valence-electron chi connectivity index (χ3n) is 3.05. The molecule has 0 aromatic heterocycles. The standard InChI is InChI=1S/C16H18BrNO/c1-12-3-4-14(9-16(12)17)11-18-10-13-5-7-15(19-2)8-6-13/h3-9,18H,10-11H2,1-2H3. The molecule has 0 atom stereocenters. The van der Waals surface area contributed by atoms with Crippen LogP contribution in [0.25, 0.3) is 0 Å². The molecule has 0 radical (unpaired) electrons. The molecule has 0 fully saturated rings. The summed E-state index contributed by atoms with van der Waals surface area (Å²) in [5, 5.41) is 3.44. The van der Waals surface area contributed by atoms with Crippen molar-refractivity contribution in [2.45, 2.75) is 20.0 Å². The molecule has 0 bridgehead atoms. The quantitative estimate of drug-likeness (QED) is 0.897. The minimum absolute atomic E-state index is 0.857. The van der Waals surface area contributed by atoms with E-state index in [1.165, 1.54) is 16.7 Å². The second-order valence-electron chi connectivity index (χ2n) is 4.54. The molecule has 0 aliphatic carbocycles. The van der Waals surface area contributed by atoms with Gasteiger partial charge in [-0.1, -0.05) is 40.2 Å². The van der Waals surface area contributed by atoms with Crippen molar-refractivity contribution in [3.8, 4) is 5.75 Å². The maximum absolute atomic E-state index is 5.14. The fourth-order valence-corrected chi connectivity index (χ4v) is 2.27. The van der Waals surface area contributed by atoms with Crippen LogP contribution in [-0.4, -0.2) is 7.11 Å². The molecule has 0 amide bonds. The number of rotatable bonds is 5. The summed E-state index contributed by atoms with van der Waals surface area (Å²) in [4.78, 5) is 0. The Labute approximate surface area is 122 Å². The fourth-order valence-electron chi connectivity index (χ4n) is 1.84. The average Bonchev–Trinajstić information content (AvgIpc) is 2.43. The lowest BCUT2D eigenvalue weighted by Gasteiger charge is -2.07. The number of hydrogen-bond donors (Lipinski definition) is 1. The summed E-state index contributed by atoms with van der Waals surface area (Å²) >= 11 is 3.56. The Morgan fingerprint density at radius 1 is 1.00 bits per heavy atom. The molecular weight excluding hydrogens is 302 g/mol. The molecule has 0 heterocycles. The van der Waals surface area contributed by atoms with Gasteiger partial charge in [0.1, 0.15) is 5.75 Å². The molecule has 0 spiro atoms. The summed E-state index contributed by atoms with van der Waals surface area (Å²) in [6.45, 7) is 3.82. The molecule has 2 rings (SSSR count). The smallest absolute Gasteiger partial charge is 0.118 e. The second-order valence-corrected chi connectivity index (χ2v) is 5.39. The van der Waals surface area contributed by atoms with E-state index in [0.717, 1.165) is 23.3 Å². The van der Waals surface area contributed by atoms with E-state index in [-0.39, 0.29) is 0 Å². The first-order valence-electron chi connectivity index (χ1n) is 6.27.